The molecule has 0 bridgehead atoms. The number of nitrogens with two attached hydrogens (primary N) is 1. The van der Waals surface area contributed by atoms with Crippen molar-refractivity contribution in [2.45, 2.75) is 13.0 Å². The fraction of sp³-hybridized carbons (Fsp3) is 0.200. The number of rotatable bonds is 5. The molecule has 0 saturated heterocycles. The van der Waals surface area contributed by atoms with E-state index in [1.54, 1.807) is 6.07 Å². The standard InChI is InChI=1S/C15H16BrFN2O/c1-2-20-12-6-3-10(4-7-12)15(19-18)13-9-11(17)5-8-14(13)16/h3-9,15,19H,2,18H2,1H3. The van der Waals surface area contributed by atoms with E-state index in [9.17, 15) is 4.39 Å². The first-order valence-corrected chi connectivity index (χ1v) is 7.08. The highest BCUT2D eigenvalue weighted by atomic mass is 79.9. The first-order chi connectivity index (χ1) is 9.65. The van der Waals surface area contributed by atoms with Gasteiger partial charge in [0.2, 0.25) is 0 Å². The van der Waals surface area contributed by atoms with Crippen LogP contribution in [0.5, 0.6) is 5.75 Å². The summed E-state index contributed by atoms with van der Waals surface area (Å²) in [6, 6.07) is 11.8. The molecule has 0 aliphatic heterocycles. The number of halogens is 2. The van der Waals surface area contributed by atoms with E-state index in [1.165, 1.54) is 12.1 Å². The van der Waals surface area contributed by atoms with Gasteiger partial charge in [-0.3, -0.25) is 5.84 Å². The number of nitrogens with one attached hydrogen (secondary N) is 1. The van der Waals surface area contributed by atoms with Crippen LogP contribution in [-0.2, 0) is 0 Å². The molecule has 0 spiro atoms. The molecule has 0 aliphatic carbocycles. The molecule has 0 aliphatic rings. The Morgan fingerprint density at radius 3 is 2.55 bits per heavy atom. The molecule has 0 amide bonds. The molecule has 2 rings (SSSR count). The molecule has 0 aromatic heterocycles. The third-order valence-corrected chi connectivity index (χ3v) is 3.68. The number of hydrogen-bond donors (Lipinski definition) is 2. The Bertz CT molecular complexity index is 575. The number of ether oxygens (including phenoxy) is 1. The highest BCUT2D eigenvalue weighted by Gasteiger charge is 2.16. The Labute approximate surface area is 126 Å². The van der Waals surface area contributed by atoms with Gasteiger partial charge < -0.3 is 4.74 Å². The van der Waals surface area contributed by atoms with Crippen LogP contribution in [0.25, 0.3) is 0 Å². The minimum Gasteiger partial charge on any atom is -0.494 e. The summed E-state index contributed by atoms with van der Waals surface area (Å²) in [4.78, 5) is 0. The number of benzene rings is 2. The Hall–Kier alpha value is -1.43. The van der Waals surface area contributed by atoms with Gasteiger partial charge >= 0.3 is 0 Å². The van der Waals surface area contributed by atoms with Crippen LogP contribution in [0.2, 0.25) is 0 Å². The Kier molecular flexibility index (Phi) is 5.11. The maximum Gasteiger partial charge on any atom is 0.123 e. The van der Waals surface area contributed by atoms with Crippen molar-refractivity contribution < 1.29 is 9.13 Å². The van der Waals surface area contributed by atoms with Crippen LogP contribution in [0.15, 0.2) is 46.9 Å². The lowest BCUT2D eigenvalue weighted by Gasteiger charge is -2.19. The van der Waals surface area contributed by atoms with Crippen LogP contribution in [0.1, 0.15) is 24.1 Å². The van der Waals surface area contributed by atoms with E-state index >= 15 is 0 Å². The van der Waals surface area contributed by atoms with Gasteiger partial charge in [-0.1, -0.05) is 28.1 Å². The zero-order valence-corrected chi connectivity index (χ0v) is 12.7. The van der Waals surface area contributed by atoms with E-state index < -0.39 is 0 Å². The van der Waals surface area contributed by atoms with Gasteiger partial charge in [0.05, 0.1) is 12.6 Å². The second-order valence-corrected chi connectivity index (χ2v) is 5.12. The third-order valence-electron chi connectivity index (χ3n) is 2.96. The first kappa shape index (κ1) is 15.0. The largest absolute Gasteiger partial charge is 0.494 e. The molecule has 2 aromatic carbocycles. The van der Waals surface area contributed by atoms with E-state index in [0.29, 0.717) is 6.61 Å². The second kappa shape index (κ2) is 6.83. The van der Waals surface area contributed by atoms with Crippen molar-refractivity contribution in [2.75, 3.05) is 6.61 Å². The molecule has 0 radical (unpaired) electrons. The van der Waals surface area contributed by atoms with Gasteiger partial charge in [-0.25, -0.2) is 9.82 Å². The molecule has 1 atom stereocenters. The van der Waals surface area contributed by atoms with Crippen molar-refractivity contribution in [1.82, 2.24) is 5.43 Å². The molecule has 1 unspecified atom stereocenters. The Balaban J connectivity index is 2.34. The van der Waals surface area contributed by atoms with Crippen molar-refractivity contribution >= 4 is 15.9 Å². The van der Waals surface area contributed by atoms with Crippen molar-refractivity contribution in [1.29, 1.82) is 0 Å². The van der Waals surface area contributed by atoms with E-state index in [2.05, 4.69) is 21.4 Å². The maximum atomic E-state index is 13.4. The molecule has 0 heterocycles. The SMILES string of the molecule is CCOc1ccc(C(NN)c2cc(F)ccc2Br)cc1. The third kappa shape index (κ3) is 3.36. The lowest BCUT2D eigenvalue weighted by atomic mass is 9.99. The van der Waals surface area contributed by atoms with Crippen LogP contribution in [0.4, 0.5) is 4.39 Å². The minimum atomic E-state index is -0.297. The van der Waals surface area contributed by atoms with Crippen LogP contribution >= 0.6 is 15.9 Å². The van der Waals surface area contributed by atoms with Crippen molar-refractivity contribution in [3.8, 4) is 5.75 Å². The monoisotopic (exact) mass is 338 g/mol. The van der Waals surface area contributed by atoms with Gasteiger partial charge in [-0.2, -0.15) is 0 Å². The first-order valence-electron chi connectivity index (χ1n) is 6.29. The predicted molar refractivity (Wildman–Crippen MR) is 80.9 cm³/mol. The topological polar surface area (TPSA) is 47.3 Å². The van der Waals surface area contributed by atoms with Crippen LogP contribution in [0, 0.1) is 5.82 Å². The number of hydrazine groups is 1. The average Bonchev–Trinajstić information content (AvgIpc) is 2.45. The lowest BCUT2D eigenvalue weighted by Crippen LogP contribution is -2.29. The van der Waals surface area contributed by atoms with Gasteiger partial charge in [0, 0.05) is 4.47 Å². The minimum absolute atomic E-state index is 0.296. The quantitative estimate of drug-likeness (QED) is 0.647. The summed E-state index contributed by atoms with van der Waals surface area (Å²) in [7, 11) is 0. The van der Waals surface area contributed by atoms with Crippen molar-refractivity contribution in [2.24, 2.45) is 5.84 Å². The molecule has 20 heavy (non-hydrogen) atoms. The summed E-state index contributed by atoms with van der Waals surface area (Å²) in [6.45, 7) is 2.55. The predicted octanol–water partition coefficient (Wildman–Crippen LogP) is 3.54. The normalized spacial score (nSPS) is 12.2. The summed E-state index contributed by atoms with van der Waals surface area (Å²) in [5.41, 5.74) is 4.40. The lowest BCUT2D eigenvalue weighted by molar-refractivity contribution is 0.340. The molecule has 106 valence electrons. The summed E-state index contributed by atoms with van der Waals surface area (Å²) < 4.78 is 19.6. The van der Waals surface area contributed by atoms with Gasteiger partial charge in [-0.15, -0.1) is 0 Å². The summed E-state index contributed by atoms with van der Waals surface area (Å²) in [6.07, 6.45) is 0. The van der Waals surface area contributed by atoms with Crippen LogP contribution < -0.4 is 16.0 Å². The van der Waals surface area contributed by atoms with Gasteiger partial charge in [-0.05, 0) is 48.4 Å². The summed E-state index contributed by atoms with van der Waals surface area (Å²) in [5.74, 6) is 6.13. The molecule has 5 heteroatoms. The van der Waals surface area contributed by atoms with E-state index in [0.717, 1.165) is 21.3 Å². The molecule has 3 nitrogen and oxygen atoms in total. The highest BCUT2D eigenvalue weighted by Crippen LogP contribution is 2.29. The van der Waals surface area contributed by atoms with E-state index in [1.807, 2.05) is 31.2 Å². The molecule has 0 fully saturated rings. The van der Waals surface area contributed by atoms with Gasteiger partial charge in [0.25, 0.3) is 0 Å². The zero-order chi connectivity index (χ0) is 14.5. The average molecular weight is 339 g/mol. The highest BCUT2D eigenvalue weighted by molar-refractivity contribution is 9.10. The molecular formula is C15H16BrFN2O. The van der Waals surface area contributed by atoms with Crippen LogP contribution in [-0.4, -0.2) is 6.61 Å². The van der Waals surface area contributed by atoms with E-state index in [4.69, 9.17) is 10.6 Å². The molecule has 0 saturated carbocycles. The summed E-state index contributed by atoms with van der Waals surface area (Å²) in [5, 5.41) is 0. The van der Waals surface area contributed by atoms with Gasteiger partial charge in [0.1, 0.15) is 11.6 Å². The fourth-order valence-corrected chi connectivity index (χ4v) is 2.50. The van der Waals surface area contributed by atoms with Crippen molar-refractivity contribution in [3.05, 3.63) is 63.9 Å². The molecule has 2 aromatic rings. The number of hydrogen-bond acceptors (Lipinski definition) is 3. The van der Waals surface area contributed by atoms with E-state index in [-0.39, 0.29) is 11.9 Å². The zero-order valence-electron chi connectivity index (χ0n) is 11.1. The molecular weight excluding hydrogens is 323 g/mol. The molecule has 3 N–H and O–H groups in total. The Morgan fingerprint density at radius 2 is 1.95 bits per heavy atom. The second-order valence-electron chi connectivity index (χ2n) is 4.27. The fourth-order valence-electron chi connectivity index (χ4n) is 2.02. The van der Waals surface area contributed by atoms with Crippen molar-refractivity contribution in [3.63, 3.8) is 0 Å². The summed E-state index contributed by atoms with van der Waals surface area (Å²) >= 11 is 3.42. The van der Waals surface area contributed by atoms with Crippen LogP contribution in [0.3, 0.4) is 0 Å². The maximum absolute atomic E-state index is 13.4. The van der Waals surface area contributed by atoms with Gasteiger partial charge in [0.15, 0.2) is 0 Å². The smallest absolute Gasteiger partial charge is 0.123 e. The Morgan fingerprint density at radius 1 is 1.25 bits per heavy atom.